The first-order chi connectivity index (χ1) is 11.0. The number of anilines is 1. The molecular formula is C19H24FN2O+. The number of carbonyl (C=O) groups excluding carboxylic acids is 1. The minimum Gasteiger partial charge on any atom is -0.326 e. The molecule has 1 amide bonds. The fourth-order valence-corrected chi connectivity index (χ4v) is 2.69. The van der Waals surface area contributed by atoms with Gasteiger partial charge in [0.1, 0.15) is 12.4 Å². The van der Waals surface area contributed by atoms with Crippen molar-refractivity contribution in [1.82, 2.24) is 0 Å². The molecule has 0 saturated heterocycles. The molecule has 0 aliphatic carbocycles. The molecule has 0 aromatic heterocycles. The van der Waals surface area contributed by atoms with Crippen LogP contribution in [0, 0.1) is 12.7 Å². The fourth-order valence-electron chi connectivity index (χ4n) is 2.69. The van der Waals surface area contributed by atoms with Crippen LogP contribution in [0.3, 0.4) is 0 Å². The molecule has 1 unspecified atom stereocenters. The van der Waals surface area contributed by atoms with E-state index >= 15 is 0 Å². The maximum atomic E-state index is 13.7. The second kappa shape index (κ2) is 7.88. The first kappa shape index (κ1) is 17.2. The third-order valence-corrected chi connectivity index (χ3v) is 3.92. The zero-order valence-electron chi connectivity index (χ0n) is 13.9. The van der Waals surface area contributed by atoms with E-state index < -0.39 is 0 Å². The number of amides is 1. The molecule has 23 heavy (non-hydrogen) atoms. The van der Waals surface area contributed by atoms with Crippen LogP contribution in [0.1, 0.15) is 23.6 Å². The van der Waals surface area contributed by atoms with Crippen molar-refractivity contribution >= 4 is 11.6 Å². The van der Waals surface area contributed by atoms with Crippen LogP contribution >= 0.6 is 0 Å². The van der Waals surface area contributed by atoms with E-state index in [1.165, 1.54) is 6.07 Å². The molecule has 2 N–H and O–H groups in total. The lowest BCUT2D eigenvalue weighted by Gasteiger charge is -2.16. The fraction of sp³-hybridized carbons (Fsp3) is 0.316. The second-order valence-corrected chi connectivity index (χ2v) is 5.91. The Morgan fingerprint density at radius 1 is 1.13 bits per heavy atom. The van der Waals surface area contributed by atoms with Crippen LogP contribution in [0.25, 0.3) is 0 Å². The van der Waals surface area contributed by atoms with Gasteiger partial charge in [0.05, 0.1) is 7.05 Å². The quantitative estimate of drug-likeness (QED) is 0.843. The van der Waals surface area contributed by atoms with Crippen molar-refractivity contribution in [2.24, 2.45) is 0 Å². The van der Waals surface area contributed by atoms with Crippen molar-refractivity contribution in [2.75, 3.05) is 18.9 Å². The lowest BCUT2D eigenvalue weighted by atomic mass is 10.1. The topological polar surface area (TPSA) is 33.5 Å². The van der Waals surface area contributed by atoms with Crippen molar-refractivity contribution in [1.29, 1.82) is 0 Å². The van der Waals surface area contributed by atoms with Crippen LogP contribution in [0.15, 0.2) is 42.5 Å². The highest BCUT2D eigenvalue weighted by Crippen LogP contribution is 2.20. The Kier molecular flexibility index (Phi) is 5.88. The maximum absolute atomic E-state index is 13.7. The molecule has 2 rings (SSSR count). The lowest BCUT2D eigenvalue weighted by Crippen LogP contribution is -3.08. The number of halogens is 1. The third-order valence-electron chi connectivity index (χ3n) is 3.92. The number of rotatable bonds is 6. The molecule has 2 aromatic carbocycles. The number of aryl methyl sites for hydroxylation is 2. The molecule has 0 fully saturated rings. The van der Waals surface area contributed by atoms with Crippen LogP contribution in [-0.4, -0.2) is 19.5 Å². The van der Waals surface area contributed by atoms with E-state index in [-0.39, 0.29) is 11.7 Å². The van der Waals surface area contributed by atoms with Gasteiger partial charge in [-0.15, -0.1) is 0 Å². The number of para-hydroxylation sites is 1. The van der Waals surface area contributed by atoms with Gasteiger partial charge in [-0.3, -0.25) is 4.79 Å². The predicted molar refractivity (Wildman–Crippen MR) is 91.0 cm³/mol. The van der Waals surface area contributed by atoms with Gasteiger partial charge in [-0.1, -0.05) is 43.3 Å². The Morgan fingerprint density at radius 2 is 1.83 bits per heavy atom. The number of nitrogens with one attached hydrogen (secondary N) is 2. The number of hydrogen-bond donors (Lipinski definition) is 2. The highest BCUT2D eigenvalue weighted by Gasteiger charge is 2.14. The van der Waals surface area contributed by atoms with Crippen LogP contribution in [-0.2, 0) is 17.8 Å². The number of quaternary nitrogens is 1. The van der Waals surface area contributed by atoms with Crippen LogP contribution < -0.4 is 10.2 Å². The lowest BCUT2D eigenvalue weighted by molar-refractivity contribution is -0.885. The first-order valence-corrected chi connectivity index (χ1v) is 7.94. The van der Waals surface area contributed by atoms with E-state index in [4.69, 9.17) is 0 Å². The van der Waals surface area contributed by atoms with Gasteiger partial charge in [-0.25, -0.2) is 4.39 Å². The summed E-state index contributed by atoms with van der Waals surface area (Å²) >= 11 is 0. The molecule has 0 aliphatic heterocycles. The van der Waals surface area contributed by atoms with Crippen molar-refractivity contribution in [2.45, 2.75) is 26.8 Å². The van der Waals surface area contributed by atoms with E-state index in [0.717, 1.165) is 28.1 Å². The minimum absolute atomic E-state index is 0.0529. The highest BCUT2D eigenvalue weighted by molar-refractivity contribution is 5.93. The Bertz CT molecular complexity index is 685. The summed E-state index contributed by atoms with van der Waals surface area (Å²) in [6, 6.07) is 12.7. The molecule has 3 nitrogen and oxygen atoms in total. The number of benzene rings is 2. The Hall–Kier alpha value is -2.20. The van der Waals surface area contributed by atoms with Gasteiger partial charge in [0.25, 0.3) is 5.91 Å². The summed E-state index contributed by atoms with van der Waals surface area (Å²) in [5.41, 5.74) is 3.72. The third kappa shape index (κ3) is 4.63. The highest BCUT2D eigenvalue weighted by atomic mass is 19.1. The molecule has 2 aromatic rings. The molecular weight excluding hydrogens is 291 g/mol. The zero-order valence-corrected chi connectivity index (χ0v) is 13.9. The molecule has 0 aliphatic rings. The summed E-state index contributed by atoms with van der Waals surface area (Å²) in [7, 11) is 1.89. The summed E-state index contributed by atoms with van der Waals surface area (Å²) in [5, 5.41) is 3.01. The molecule has 0 spiro atoms. The molecule has 0 saturated carbocycles. The van der Waals surface area contributed by atoms with Crippen molar-refractivity contribution < 1.29 is 14.1 Å². The van der Waals surface area contributed by atoms with Crippen molar-refractivity contribution in [3.8, 4) is 0 Å². The maximum Gasteiger partial charge on any atom is 0.279 e. The largest absolute Gasteiger partial charge is 0.326 e. The van der Waals surface area contributed by atoms with Gasteiger partial charge < -0.3 is 10.2 Å². The molecule has 0 heterocycles. The zero-order chi connectivity index (χ0) is 16.8. The number of carbonyl (C=O) groups is 1. The molecule has 122 valence electrons. The Morgan fingerprint density at radius 3 is 2.52 bits per heavy atom. The van der Waals surface area contributed by atoms with E-state index in [1.54, 1.807) is 12.1 Å². The molecule has 0 bridgehead atoms. The molecule has 1 atom stereocenters. The van der Waals surface area contributed by atoms with E-state index in [1.807, 2.05) is 38.2 Å². The average molecular weight is 315 g/mol. The monoisotopic (exact) mass is 315 g/mol. The van der Waals surface area contributed by atoms with Crippen LogP contribution in [0.2, 0.25) is 0 Å². The summed E-state index contributed by atoms with van der Waals surface area (Å²) in [4.78, 5) is 13.2. The summed E-state index contributed by atoms with van der Waals surface area (Å²) in [6.07, 6.45) is 0.870. The Balaban J connectivity index is 1.99. The van der Waals surface area contributed by atoms with Gasteiger partial charge in [-0.05, 0) is 30.5 Å². The van der Waals surface area contributed by atoms with E-state index in [0.29, 0.717) is 18.7 Å². The smallest absolute Gasteiger partial charge is 0.279 e. The molecule has 4 heteroatoms. The Labute approximate surface area is 137 Å². The van der Waals surface area contributed by atoms with Gasteiger partial charge in [0, 0.05) is 11.3 Å². The summed E-state index contributed by atoms with van der Waals surface area (Å²) in [6.45, 7) is 4.84. The minimum atomic E-state index is -0.223. The number of hydrogen-bond acceptors (Lipinski definition) is 1. The first-order valence-electron chi connectivity index (χ1n) is 7.94. The normalized spacial score (nSPS) is 12.0. The van der Waals surface area contributed by atoms with Gasteiger partial charge in [0.15, 0.2) is 6.54 Å². The van der Waals surface area contributed by atoms with Crippen LogP contribution in [0.5, 0.6) is 0 Å². The van der Waals surface area contributed by atoms with Crippen LogP contribution in [0.4, 0.5) is 10.1 Å². The van der Waals surface area contributed by atoms with E-state index in [9.17, 15) is 9.18 Å². The van der Waals surface area contributed by atoms with Gasteiger partial charge in [-0.2, -0.15) is 0 Å². The standard InChI is InChI=1S/C19H23FN2O/c1-4-15-10-7-8-14(2)19(15)21-18(23)13-22(3)12-16-9-5-6-11-17(16)20/h5-11H,4,12-13H2,1-3H3,(H,21,23)/p+1. The second-order valence-electron chi connectivity index (χ2n) is 5.91. The van der Waals surface area contributed by atoms with E-state index in [2.05, 4.69) is 12.2 Å². The number of likely N-dealkylation sites (N-methyl/N-ethyl adjacent to an activating group) is 1. The summed E-state index contributed by atoms with van der Waals surface area (Å²) < 4.78 is 13.7. The predicted octanol–water partition coefficient (Wildman–Crippen LogP) is 2.35. The average Bonchev–Trinajstić information content (AvgIpc) is 2.51. The SMILES string of the molecule is CCc1cccc(C)c1NC(=O)C[NH+](C)Cc1ccccc1F. The van der Waals surface area contributed by atoms with Gasteiger partial charge in [0.2, 0.25) is 0 Å². The van der Waals surface area contributed by atoms with Crippen molar-refractivity contribution in [3.05, 3.63) is 65.0 Å². The van der Waals surface area contributed by atoms with Crippen molar-refractivity contribution in [3.63, 3.8) is 0 Å². The van der Waals surface area contributed by atoms with Gasteiger partial charge >= 0.3 is 0 Å². The summed E-state index contributed by atoms with van der Waals surface area (Å²) in [5.74, 6) is -0.276. The molecule has 0 radical (unpaired) electrons.